The highest BCUT2D eigenvalue weighted by Gasteiger charge is 2.35. The van der Waals surface area contributed by atoms with Crippen molar-refractivity contribution in [2.24, 2.45) is 5.92 Å². The Morgan fingerprint density at radius 2 is 1.78 bits per heavy atom. The van der Waals surface area contributed by atoms with Gasteiger partial charge in [-0.25, -0.2) is 0 Å². The standard InChI is InChI=1S/C25H22N4O3/c30-23-14-19(16-29(23)21-4-2-1-3-5-21)24(31)27-20-7-6-17-10-13-28(22(17)15-20)25(32)18-8-11-26-12-9-18/h1-9,11-12,15,19H,10,13-14,16H2,(H,27,31). The number of hydrogen-bond donors (Lipinski definition) is 1. The molecule has 3 amide bonds. The number of nitrogens with one attached hydrogen (secondary N) is 1. The molecule has 0 saturated carbocycles. The van der Waals surface area contributed by atoms with E-state index < -0.39 is 5.92 Å². The summed E-state index contributed by atoms with van der Waals surface area (Å²) < 4.78 is 0. The van der Waals surface area contributed by atoms with Crippen LogP contribution in [0.25, 0.3) is 0 Å². The molecule has 0 bridgehead atoms. The van der Waals surface area contributed by atoms with Crippen molar-refractivity contribution in [1.29, 1.82) is 0 Å². The number of fused-ring (bicyclic) bond motifs is 1. The summed E-state index contributed by atoms with van der Waals surface area (Å²) in [5, 5.41) is 2.94. The molecule has 1 aromatic heterocycles. The fourth-order valence-corrected chi connectivity index (χ4v) is 4.30. The van der Waals surface area contributed by atoms with Gasteiger partial charge in [0.15, 0.2) is 0 Å². The van der Waals surface area contributed by atoms with Crippen LogP contribution in [0.15, 0.2) is 73.1 Å². The minimum atomic E-state index is -0.425. The molecule has 1 fully saturated rings. The first kappa shape index (κ1) is 19.9. The summed E-state index contributed by atoms with van der Waals surface area (Å²) in [6.07, 6.45) is 4.15. The number of hydrogen-bond acceptors (Lipinski definition) is 4. The third-order valence-corrected chi connectivity index (χ3v) is 5.98. The second-order valence-electron chi connectivity index (χ2n) is 8.02. The maximum Gasteiger partial charge on any atom is 0.258 e. The Bertz CT molecular complexity index is 1180. The van der Waals surface area contributed by atoms with Crippen molar-refractivity contribution < 1.29 is 14.4 Å². The lowest BCUT2D eigenvalue weighted by Crippen LogP contribution is -2.29. The predicted molar refractivity (Wildman–Crippen MR) is 122 cm³/mol. The van der Waals surface area contributed by atoms with Crippen molar-refractivity contribution >= 4 is 34.8 Å². The number of carbonyl (C=O) groups is 3. The van der Waals surface area contributed by atoms with Crippen molar-refractivity contribution in [3.05, 3.63) is 84.2 Å². The van der Waals surface area contributed by atoms with Crippen LogP contribution in [-0.4, -0.2) is 35.8 Å². The first-order valence-electron chi connectivity index (χ1n) is 10.6. The first-order valence-corrected chi connectivity index (χ1v) is 10.6. The Morgan fingerprint density at radius 3 is 2.56 bits per heavy atom. The molecule has 32 heavy (non-hydrogen) atoms. The number of pyridine rings is 1. The van der Waals surface area contributed by atoms with Gasteiger partial charge in [-0.3, -0.25) is 19.4 Å². The van der Waals surface area contributed by atoms with Gasteiger partial charge in [-0.1, -0.05) is 24.3 Å². The van der Waals surface area contributed by atoms with Gasteiger partial charge in [0.2, 0.25) is 11.8 Å². The second kappa shape index (κ2) is 8.26. The number of benzene rings is 2. The smallest absolute Gasteiger partial charge is 0.258 e. The Kier molecular flexibility index (Phi) is 5.15. The molecular weight excluding hydrogens is 404 g/mol. The van der Waals surface area contributed by atoms with E-state index in [2.05, 4.69) is 10.3 Å². The molecule has 2 aliphatic heterocycles. The average Bonchev–Trinajstić information content (AvgIpc) is 3.43. The zero-order valence-corrected chi connectivity index (χ0v) is 17.4. The van der Waals surface area contributed by atoms with Crippen LogP contribution in [0.2, 0.25) is 0 Å². The number of carbonyl (C=O) groups excluding carboxylic acids is 3. The van der Waals surface area contributed by atoms with Crippen molar-refractivity contribution in [3.63, 3.8) is 0 Å². The van der Waals surface area contributed by atoms with Crippen LogP contribution in [0.3, 0.4) is 0 Å². The first-order chi connectivity index (χ1) is 15.6. The van der Waals surface area contributed by atoms with Gasteiger partial charge >= 0.3 is 0 Å². The van der Waals surface area contributed by atoms with Crippen LogP contribution >= 0.6 is 0 Å². The van der Waals surface area contributed by atoms with Gasteiger partial charge in [-0.15, -0.1) is 0 Å². The zero-order chi connectivity index (χ0) is 22.1. The third kappa shape index (κ3) is 3.73. The average molecular weight is 426 g/mol. The topological polar surface area (TPSA) is 82.6 Å². The Hall–Kier alpha value is -4.00. The van der Waals surface area contributed by atoms with Gasteiger partial charge in [0.25, 0.3) is 5.91 Å². The van der Waals surface area contributed by atoms with Gasteiger partial charge in [-0.05, 0) is 48.4 Å². The molecule has 0 spiro atoms. The fraction of sp³-hybridized carbons (Fsp3) is 0.200. The summed E-state index contributed by atoms with van der Waals surface area (Å²) in [6.45, 7) is 0.948. The quantitative estimate of drug-likeness (QED) is 0.694. The normalized spacial score (nSPS) is 17.4. The lowest BCUT2D eigenvalue weighted by Gasteiger charge is -2.19. The Morgan fingerprint density at radius 1 is 1.00 bits per heavy atom. The summed E-state index contributed by atoms with van der Waals surface area (Å²) >= 11 is 0. The van der Waals surface area contributed by atoms with Crippen LogP contribution in [0, 0.1) is 5.92 Å². The summed E-state index contributed by atoms with van der Waals surface area (Å²) in [5.41, 5.74) is 3.87. The Balaban J connectivity index is 1.30. The highest BCUT2D eigenvalue weighted by Crippen LogP contribution is 2.33. The highest BCUT2D eigenvalue weighted by molar-refractivity contribution is 6.08. The van der Waals surface area contributed by atoms with Crippen molar-refractivity contribution in [2.45, 2.75) is 12.8 Å². The maximum absolute atomic E-state index is 12.9. The molecule has 3 heterocycles. The molecule has 2 aromatic carbocycles. The van der Waals surface area contributed by atoms with Gasteiger partial charge in [0.05, 0.1) is 5.92 Å². The summed E-state index contributed by atoms with van der Waals surface area (Å²) in [7, 11) is 0. The van der Waals surface area contributed by atoms with Crippen LogP contribution < -0.4 is 15.1 Å². The van der Waals surface area contributed by atoms with E-state index in [0.29, 0.717) is 24.3 Å². The monoisotopic (exact) mass is 426 g/mol. The molecule has 7 nitrogen and oxygen atoms in total. The molecule has 1 atom stereocenters. The van der Waals surface area contributed by atoms with Crippen molar-refractivity contribution in [3.8, 4) is 0 Å². The van der Waals surface area contributed by atoms with E-state index in [0.717, 1.165) is 23.4 Å². The number of rotatable bonds is 4. The van der Waals surface area contributed by atoms with E-state index in [4.69, 9.17) is 0 Å². The molecule has 1 unspecified atom stereocenters. The van der Waals surface area contributed by atoms with E-state index in [9.17, 15) is 14.4 Å². The highest BCUT2D eigenvalue weighted by atomic mass is 16.2. The summed E-state index contributed by atoms with van der Waals surface area (Å²) in [6, 6.07) is 18.4. The van der Waals surface area contributed by atoms with Crippen LogP contribution in [0.1, 0.15) is 22.3 Å². The lowest BCUT2D eigenvalue weighted by atomic mass is 10.1. The molecule has 160 valence electrons. The van der Waals surface area contributed by atoms with Gasteiger partial charge in [-0.2, -0.15) is 0 Å². The molecular formula is C25H22N4O3. The van der Waals surface area contributed by atoms with E-state index in [1.807, 2.05) is 48.5 Å². The second-order valence-corrected chi connectivity index (χ2v) is 8.02. The molecule has 3 aromatic rings. The van der Waals surface area contributed by atoms with Crippen LogP contribution in [0.5, 0.6) is 0 Å². The van der Waals surface area contributed by atoms with Gasteiger partial charge in [0.1, 0.15) is 0 Å². The van der Waals surface area contributed by atoms with Crippen molar-refractivity contribution in [1.82, 2.24) is 4.98 Å². The lowest BCUT2D eigenvalue weighted by molar-refractivity contribution is -0.122. The maximum atomic E-state index is 12.9. The minimum Gasteiger partial charge on any atom is -0.326 e. The number of aromatic nitrogens is 1. The number of anilines is 3. The van der Waals surface area contributed by atoms with E-state index in [1.54, 1.807) is 34.3 Å². The Labute approximate surface area is 185 Å². The molecule has 0 aliphatic carbocycles. The minimum absolute atomic E-state index is 0.0561. The molecule has 0 radical (unpaired) electrons. The number of amides is 3. The molecule has 5 rings (SSSR count). The van der Waals surface area contributed by atoms with Crippen LogP contribution in [-0.2, 0) is 16.0 Å². The number of para-hydroxylation sites is 1. The van der Waals surface area contributed by atoms with E-state index in [1.165, 1.54) is 0 Å². The van der Waals surface area contributed by atoms with Crippen molar-refractivity contribution in [2.75, 3.05) is 28.2 Å². The summed E-state index contributed by atoms with van der Waals surface area (Å²) in [5.74, 6) is -0.763. The molecule has 2 aliphatic rings. The summed E-state index contributed by atoms with van der Waals surface area (Å²) in [4.78, 5) is 45.6. The largest absolute Gasteiger partial charge is 0.326 e. The number of nitrogens with zero attached hydrogens (tertiary/aromatic N) is 3. The predicted octanol–water partition coefficient (Wildman–Crippen LogP) is 3.28. The molecule has 1 saturated heterocycles. The van der Waals surface area contributed by atoms with E-state index in [-0.39, 0.29) is 24.1 Å². The van der Waals surface area contributed by atoms with Crippen LogP contribution in [0.4, 0.5) is 17.1 Å². The van der Waals surface area contributed by atoms with E-state index >= 15 is 0 Å². The molecule has 7 heteroatoms. The van der Waals surface area contributed by atoms with Gasteiger partial charge in [0, 0.05) is 54.5 Å². The third-order valence-electron chi connectivity index (χ3n) is 5.98. The van der Waals surface area contributed by atoms with Gasteiger partial charge < -0.3 is 15.1 Å². The SMILES string of the molecule is O=C(Nc1ccc2c(c1)N(C(=O)c1ccncc1)CC2)C1CC(=O)N(c2ccccc2)C1. The zero-order valence-electron chi connectivity index (χ0n) is 17.4. The fourth-order valence-electron chi connectivity index (χ4n) is 4.30. The molecule has 1 N–H and O–H groups in total.